The van der Waals surface area contributed by atoms with E-state index in [0.29, 0.717) is 0 Å². The Kier molecular flexibility index (Phi) is 5.86. The van der Waals surface area contributed by atoms with Gasteiger partial charge in [0.15, 0.2) is 0 Å². The second-order valence-electron chi connectivity index (χ2n) is 6.91. The molecule has 0 radical (unpaired) electrons. The van der Waals surface area contributed by atoms with Crippen molar-refractivity contribution in [3.8, 4) is 16.9 Å². The van der Waals surface area contributed by atoms with Crippen molar-refractivity contribution < 1.29 is 4.74 Å². The minimum absolute atomic E-state index is 0.0283. The summed E-state index contributed by atoms with van der Waals surface area (Å²) in [6.45, 7) is 13.3. The second kappa shape index (κ2) is 6.62. The molecule has 0 aliphatic heterocycles. The lowest BCUT2D eigenvalue weighted by Gasteiger charge is -2.29. The molecule has 0 bridgehead atoms. The standard InChI is InChI=1S/C17H23IOS/c1-16(2,3)13-10-12(8-9-20-18)11-14(15(13)19-7)17(4,5)6/h10-11H,1-7H3. The molecule has 0 aliphatic rings. The maximum Gasteiger partial charge on any atom is 0.126 e. The van der Waals surface area contributed by atoms with Crippen LogP contribution >= 0.6 is 30.1 Å². The topological polar surface area (TPSA) is 9.23 Å². The van der Waals surface area contributed by atoms with E-state index >= 15 is 0 Å². The molecule has 0 saturated carbocycles. The number of methoxy groups -OCH3 is 1. The molecule has 0 unspecified atom stereocenters. The Hall–Kier alpha value is -0.340. The molecule has 1 rings (SSSR count). The van der Waals surface area contributed by atoms with Crippen LogP contribution in [0.15, 0.2) is 12.1 Å². The molecule has 0 atom stereocenters. The van der Waals surface area contributed by atoms with Crippen LogP contribution in [0.25, 0.3) is 0 Å². The normalized spacial score (nSPS) is 11.8. The van der Waals surface area contributed by atoms with Crippen molar-refractivity contribution in [3.05, 3.63) is 28.8 Å². The van der Waals surface area contributed by atoms with Crippen LogP contribution in [0, 0.1) is 11.2 Å². The fourth-order valence-corrected chi connectivity index (χ4v) is 2.60. The molecule has 3 heteroatoms. The number of rotatable bonds is 1. The highest BCUT2D eigenvalue weighted by atomic mass is 127. The van der Waals surface area contributed by atoms with Crippen LogP contribution in [-0.2, 0) is 10.8 Å². The molecule has 1 aromatic rings. The van der Waals surface area contributed by atoms with Gasteiger partial charge in [0.1, 0.15) is 5.75 Å². The molecule has 110 valence electrons. The Balaban J connectivity index is 3.65. The van der Waals surface area contributed by atoms with Gasteiger partial charge in [0.2, 0.25) is 0 Å². The van der Waals surface area contributed by atoms with Gasteiger partial charge in [0, 0.05) is 37.9 Å². The van der Waals surface area contributed by atoms with Crippen molar-refractivity contribution >= 4 is 30.1 Å². The summed E-state index contributed by atoms with van der Waals surface area (Å²) >= 11 is 2.20. The van der Waals surface area contributed by atoms with Gasteiger partial charge in [-0.3, -0.25) is 0 Å². The lowest BCUT2D eigenvalue weighted by Crippen LogP contribution is -2.19. The number of hydrogen-bond acceptors (Lipinski definition) is 2. The average Bonchev–Trinajstić information content (AvgIpc) is 2.32. The molecule has 0 aromatic heterocycles. The van der Waals surface area contributed by atoms with E-state index < -0.39 is 0 Å². The predicted octanol–water partition coefficient (Wildman–Crippen LogP) is 5.68. The molecule has 0 heterocycles. The molecule has 0 amide bonds. The summed E-state index contributed by atoms with van der Waals surface area (Å²) in [5.41, 5.74) is 3.55. The van der Waals surface area contributed by atoms with Crippen molar-refractivity contribution in [2.45, 2.75) is 52.4 Å². The van der Waals surface area contributed by atoms with E-state index in [1.165, 1.54) is 20.1 Å². The van der Waals surface area contributed by atoms with Gasteiger partial charge in [-0.15, -0.1) is 0 Å². The van der Waals surface area contributed by atoms with Crippen LogP contribution in [0.5, 0.6) is 5.75 Å². The van der Waals surface area contributed by atoms with Gasteiger partial charge < -0.3 is 4.74 Å². The zero-order valence-corrected chi connectivity index (χ0v) is 16.3. The van der Waals surface area contributed by atoms with E-state index in [1.807, 2.05) is 0 Å². The zero-order chi connectivity index (χ0) is 15.6. The van der Waals surface area contributed by atoms with Crippen molar-refractivity contribution in [2.75, 3.05) is 7.11 Å². The van der Waals surface area contributed by atoms with Gasteiger partial charge in [-0.25, -0.2) is 0 Å². The summed E-state index contributed by atoms with van der Waals surface area (Å²) in [6.07, 6.45) is 0. The highest BCUT2D eigenvalue weighted by Gasteiger charge is 2.27. The van der Waals surface area contributed by atoms with Gasteiger partial charge in [0.25, 0.3) is 0 Å². The number of halogens is 1. The molecule has 20 heavy (non-hydrogen) atoms. The largest absolute Gasteiger partial charge is 0.496 e. The molecule has 1 nitrogen and oxygen atoms in total. The fraction of sp³-hybridized carbons (Fsp3) is 0.529. The first-order valence-corrected chi connectivity index (χ1v) is 9.98. The second-order valence-corrected chi connectivity index (χ2v) is 8.59. The Morgan fingerprint density at radius 3 is 1.75 bits per heavy atom. The lowest BCUT2D eigenvalue weighted by molar-refractivity contribution is 0.381. The van der Waals surface area contributed by atoms with Gasteiger partial charge in [-0.05, 0) is 37.1 Å². The smallest absolute Gasteiger partial charge is 0.126 e. The third kappa shape index (κ3) is 4.33. The van der Waals surface area contributed by atoms with E-state index in [9.17, 15) is 0 Å². The van der Waals surface area contributed by atoms with Crippen molar-refractivity contribution in [1.29, 1.82) is 0 Å². The first-order chi connectivity index (χ1) is 9.11. The van der Waals surface area contributed by atoms with Gasteiger partial charge in [-0.2, -0.15) is 0 Å². The first kappa shape index (κ1) is 17.7. The SMILES string of the molecule is COc1c(C(C)(C)C)cc(C#CSI)cc1C(C)(C)C. The maximum atomic E-state index is 5.73. The summed E-state index contributed by atoms with van der Waals surface area (Å²) in [6, 6.07) is 4.32. The summed E-state index contributed by atoms with van der Waals surface area (Å²) < 4.78 is 5.73. The summed E-state index contributed by atoms with van der Waals surface area (Å²) in [5.74, 6) is 4.22. The maximum absolute atomic E-state index is 5.73. The molecular weight excluding hydrogens is 379 g/mol. The fourth-order valence-electron chi connectivity index (χ4n) is 2.11. The highest BCUT2D eigenvalue weighted by Crippen LogP contribution is 2.40. The average molecular weight is 402 g/mol. The van der Waals surface area contributed by atoms with Crippen LogP contribution in [0.1, 0.15) is 58.2 Å². The minimum atomic E-state index is 0.0283. The van der Waals surface area contributed by atoms with Crippen LogP contribution in [-0.4, -0.2) is 7.11 Å². The molecule has 0 saturated heterocycles. The van der Waals surface area contributed by atoms with Crippen molar-refractivity contribution in [1.82, 2.24) is 0 Å². The van der Waals surface area contributed by atoms with Crippen molar-refractivity contribution in [2.24, 2.45) is 0 Å². The molecule has 0 N–H and O–H groups in total. The Bertz CT molecular complexity index is 504. The molecule has 0 aliphatic carbocycles. The van der Waals surface area contributed by atoms with Gasteiger partial charge in [-0.1, -0.05) is 47.5 Å². The third-order valence-electron chi connectivity index (χ3n) is 3.14. The van der Waals surface area contributed by atoms with E-state index in [1.54, 1.807) is 7.11 Å². The summed E-state index contributed by atoms with van der Waals surface area (Å²) in [5, 5.41) is 3.07. The predicted molar refractivity (Wildman–Crippen MR) is 98.9 cm³/mol. The molecule has 1 aromatic carbocycles. The summed E-state index contributed by atoms with van der Waals surface area (Å²) in [7, 11) is 3.27. The summed E-state index contributed by atoms with van der Waals surface area (Å²) in [4.78, 5) is 0. The van der Waals surface area contributed by atoms with Crippen LogP contribution in [0.3, 0.4) is 0 Å². The van der Waals surface area contributed by atoms with Crippen molar-refractivity contribution in [3.63, 3.8) is 0 Å². The molecular formula is C17H23IOS. The minimum Gasteiger partial charge on any atom is -0.496 e. The molecule has 0 fully saturated rings. The van der Waals surface area contributed by atoms with Crippen LogP contribution in [0.2, 0.25) is 0 Å². The Labute approximate surface area is 139 Å². The highest BCUT2D eigenvalue weighted by molar-refractivity contribution is 14.2. The quantitative estimate of drug-likeness (QED) is 0.441. The Morgan fingerprint density at radius 2 is 1.45 bits per heavy atom. The number of hydrogen-bond donors (Lipinski definition) is 0. The third-order valence-corrected chi connectivity index (χ3v) is 3.98. The van der Waals surface area contributed by atoms with E-state index in [2.05, 4.69) is 86.1 Å². The van der Waals surface area contributed by atoms with Gasteiger partial charge in [0.05, 0.1) is 7.11 Å². The van der Waals surface area contributed by atoms with Gasteiger partial charge >= 0.3 is 0 Å². The van der Waals surface area contributed by atoms with Crippen LogP contribution in [0.4, 0.5) is 0 Å². The Morgan fingerprint density at radius 1 is 1.00 bits per heavy atom. The van der Waals surface area contributed by atoms with Crippen LogP contribution < -0.4 is 4.74 Å². The number of benzene rings is 1. The monoisotopic (exact) mass is 402 g/mol. The van der Waals surface area contributed by atoms with E-state index in [0.717, 1.165) is 11.3 Å². The lowest BCUT2D eigenvalue weighted by atomic mass is 9.78. The molecule has 0 spiro atoms. The zero-order valence-electron chi connectivity index (χ0n) is 13.3. The first-order valence-electron chi connectivity index (χ1n) is 6.63. The van der Waals surface area contributed by atoms with E-state index in [4.69, 9.17) is 4.74 Å². The number of ether oxygens (including phenoxy) is 1. The van der Waals surface area contributed by atoms with E-state index in [-0.39, 0.29) is 10.8 Å².